The molecule has 1 unspecified atom stereocenters. The van der Waals surface area contributed by atoms with Crippen LogP contribution in [0.1, 0.15) is 27.8 Å². The van der Waals surface area contributed by atoms with E-state index < -0.39 is 0 Å². The molecule has 2 rings (SSSR count). The molecule has 3 heteroatoms. The van der Waals surface area contributed by atoms with Crippen LogP contribution in [0.15, 0.2) is 36.4 Å². The lowest BCUT2D eigenvalue weighted by molar-refractivity contribution is 0.505. The summed E-state index contributed by atoms with van der Waals surface area (Å²) in [7, 11) is 0. The van der Waals surface area contributed by atoms with Crippen LogP contribution in [-0.4, -0.2) is 6.04 Å². The van der Waals surface area contributed by atoms with E-state index in [1.54, 1.807) is 6.07 Å². The number of hydrogen-bond donors (Lipinski definition) is 2. The second-order valence-corrected chi connectivity index (χ2v) is 5.74. The lowest BCUT2D eigenvalue weighted by Gasteiger charge is -2.19. The summed E-state index contributed by atoms with van der Waals surface area (Å²) in [6.07, 6.45) is 1.37. The van der Waals surface area contributed by atoms with E-state index in [1.165, 1.54) is 28.3 Å². The van der Waals surface area contributed by atoms with E-state index in [0.29, 0.717) is 12.0 Å². The molecule has 0 fully saturated rings. The van der Waals surface area contributed by atoms with E-state index in [4.69, 9.17) is 5.84 Å². The van der Waals surface area contributed by atoms with E-state index in [-0.39, 0.29) is 11.9 Å². The molecule has 0 aromatic heterocycles. The lowest BCUT2D eigenvalue weighted by atomic mass is 9.92. The number of benzene rings is 2. The third-order valence-corrected chi connectivity index (χ3v) is 3.95. The Kier molecular flexibility index (Phi) is 5.10. The zero-order chi connectivity index (χ0) is 15.4. The van der Waals surface area contributed by atoms with Crippen LogP contribution < -0.4 is 11.3 Å². The van der Waals surface area contributed by atoms with Crippen molar-refractivity contribution in [3.05, 3.63) is 70.0 Å². The average molecular weight is 286 g/mol. The number of hydrogen-bond acceptors (Lipinski definition) is 2. The Hall–Kier alpha value is -1.71. The lowest BCUT2D eigenvalue weighted by Crippen LogP contribution is -2.39. The molecule has 21 heavy (non-hydrogen) atoms. The second kappa shape index (κ2) is 6.83. The maximum absolute atomic E-state index is 13.8. The maximum Gasteiger partial charge on any atom is 0.126 e. The summed E-state index contributed by atoms with van der Waals surface area (Å²) in [6.45, 7) is 6.33. The molecule has 0 aliphatic heterocycles. The maximum atomic E-state index is 13.8. The number of rotatable bonds is 5. The molecule has 3 N–H and O–H groups in total. The predicted octanol–water partition coefficient (Wildman–Crippen LogP) is 3.37. The molecule has 0 saturated carbocycles. The first-order chi connectivity index (χ1) is 10.0. The summed E-state index contributed by atoms with van der Waals surface area (Å²) < 4.78 is 13.8. The van der Waals surface area contributed by atoms with Gasteiger partial charge in [-0.25, -0.2) is 4.39 Å². The van der Waals surface area contributed by atoms with Crippen molar-refractivity contribution in [2.24, 2.45) is 5.84 Å². The largest absolute Gasteiger partial charge is 0.271 e. The van der Waals surface area contributed by atoms with E-state index in [0.717, 1.165) is 6.42 Å². The fraction of sp³-hybridized carbons (Fsp3) is 0.333. The van der Waals surface area contributed by atoms with Crippen LogP contribution in [-0.2, 0) is 12.8 Å². The van der Waals surface area contributed by atoms with Crippen molar-refractivity contribution in [3.63, 3.8) is 0 Å². The van der Waals surface area contributed by atoms with Crippen LogP contribution in [0.5, 0.6) is 0 Å². The van der Waals surface area contributed by atoms with Gasteiger partial charge in [0.15, 0.2) is 0 Å². The number of halogens is 1. The molecule has 2 aromatic rings. The van der Waals surface area contributed by atoms with Crippen molar-refractivity contribution in [2.45, 2.75) is 39.7 Å². The Labute approximate surface area is 126 Å². The standard InChI is InChI=1S/C18H23FN2/c1-12-8-13(2)17(14(3)9-12)11-16(21-20)10-15-6-4-5-7-18(15)19/h4-9,16,21H,10-11,20H2,1-3H3. The monoisotopic (exact) mass is 286 g/mol. The van der Waals surface area contributed by atoms with Gasteiger partial charge in [-0.15, -0.1) is 0 Å². The number of nitrogens with one attached hydrogen (secondary N) is 1. The van der Waals surface area contributed by atoms with E-state index in [2.05, 4.69) is 38.3 Å². The number of nitrogens with two attached hydrogens (primary N) is 1. The topological polar surface area (TPSA) is 38.0 Å². The summed E-state index contributed by atoms with van der Waals surface area (Å²) in [6, 6.07) is 11.2. The first kappa shape index (κ1) is 15.7. The molecule has 2 nitrogen and oxygen atoms in total. The minimum absolute atomic E-state index is 0.0157. The molecule has 0 heterocycles. The average Bonchev–Trinajstić information content (AvgIpc) is 2.43. The molecule has 0 aliphatic carbocycles. The van der Waals surface area contributed by atoms with Crippen LogP contribution in [0.4, 0.5) is 4.39 Å². The van der Waals surface area contributed by atoms with Gasteiger partial charge in [-0.1, -0.05) is 35.9 Å². The Morgan fingerprint density at radius 2 is 1.67 bits per heavy atom. The fourth-order valence-corrected chi connectivity index (χ4v) is 2.90. The summed E-state index contributed by atoms with van der Waals surface area (Å²) in [5, 5.41) is 0. The zero-order valence-corrected chi connectivity index (χ0v) is 12.9. The van der Waals surface area contributed by atoms with Crippen molar-refractivity contribution in [2.75, 3.05) is 0 Å². The van der Waals surface area contributed by atoms with Gasteiger partial charge in [-0.05, 0) is 61.9 Å². The molecule has 112 valence electrons. The van der Waals surface area contributed by atoms with Crippen LogP contribution in [0, 0.1) is 26.6 Å². The molecule has 0 spiro atoms. The highest BCUT2D eigenvalue weighted by molar-refractivity contribution is 5.38. The molecule has 0 radical (unpaired) electrons. The van der Waals surface area contributed by atoms with Crippen molar-refractivity contribution in [1.82, 2.24) is 5.43 Å². The van der Waals surface area contributed by atoms with Gasteiger partial charge in [0, 0.05) is 6.04 Å². The molecule has 1 atom stereocenters. The first-order valence-corrected chi connectivity index (χ1v) is 7.27. The minimum atomic E-state index is -0.171. The Morgan fingerprint density at radius 3 is 2.24 bits per heavy atom. The van der Waals surface area contributed by atoms with Crippen molar-refractivity contribution in [3.8, 4) is 0 Å². The molecular formula is C18H23FN2. The van der Waals surface area contributed by atoms with Gasteiger partial charge in [0.05, 0.1) is 0 Å². The Bertz CT molecular complexity index is 599. The smallest absolute Gasteiger partial charge is 0.126 e. The minimum Gasteiger partial charge on any atom is -0.271 e. The van der Waals surface area contributed by atoms with Crippen molar-refractivity contribution in [1.29, 1.82) is 0 Å². The van der Waals surface area contributed by atoms with Gasteiger partial charge in [-0.2, -0.15) is 0 Å². The second-order valence-electron chi connectivity index (χ2n) is 5.74. The summed E-state index contributed by atoms with van der Waals surface area (Å²) in [4.78, 5) is 0. The summed E-state index contributed by atoms with van der Waals surface area (Å²) in [5.74, 6) is 5.50. The Morgan fingerprint density at radius 1 is 1.05 bits per heavy atom. The quantitative estimate of drug-likeness (QED) is 0.653. The highest BCUT2D eigenvalue weighted by atomic mass is 19.1. The van der Waals surface area contributed by atoms with E-state index in [9.17, 15) is 4.39 Å². The first-order valence-electron chi connectivity index (χ1n) is 7.27. The summed E-state index contributed by atoms with van der Waals surface area (Å²) >= 11 is 0. The third-order valence-electron chi connectivity index (χ3n) is 3.95. The van der Waals surface area contributed by atoms with Crippen LogP contribution in [0.2, 0.25) is 0 Å². The molecule has 0 saturated heterocycles. The van der Waals surface area contributed by atoms with Gasteiger partial charge in [-0.3, -0.25) is 11.3 Å². The highest BCUT2D eigenvalue weighted by Crippen LogP contribution is 2.19. The number of hydrazine groups is 1. The number of aryl methyl sites for hydroxylation is 3. The Balaban J connectivity index is 2.19. The summed E-state index contributed by atoms with van der Waals surface area (Å²) in [5.41, 5.74) is 8.61. The molecule has 0 aliphatic rings. The highest BCUT2D eigenvalue weighted by Gasteiger charge is 2.14. The van der Waals surface area contributed by atoms with E-state index >= 15 is 0 Å². The van der Waals surface area contributed by atoms with E-state index in [1.807, 2.05) is 12.1 Å². The van der Waals surface area contributed by atoms with Gasteiger partial charge in [0.25, 0.3) is 0 Å². The van der Waals surface area contributed by atoms with Gasteiger partial charge in [0.2, 0.25) is 0 Å². The van der Waals surface area contributed by atoms with Crippen LogP contribution >= 0.6 is 0 Å². The third kappa shape index (κ3) is 3.90. The van der Waals surface area contributed by atoms with Crippen molar-refractivity contribution < 1.29 is 4.39 Å². The molecule has 2 aromatic carbocycles. The predicted molar refractivity (Wildman–Crippen MR) is 85.6 cm³/mol. The normalized spacial score (nSPS) is 12.4. The van der Waals surface area contributed by atoms with Crippen LogP contribution in [0.25, 0.3) is 0 Å². The molecule has 0 amide bonds. The van der Waals surface area contributed by atoms with Crippen molar-refractivity contribution >= 4 is 0 Å². The van der Waals surface area contributed by atoms with Gasteiger partial charge >= 0.3 is 0 Å². The fourth-order valence-electron chi connectivity index (χ4n) is 2.90. The molecular weight excluding hydrogens is 263 g/mol. The SMILES string of the molecule is Cc1cc(C)c(CC(Cc2ccccc2F)NN)c(C)c1. The van der Waals surface area contributed by atoms with Gasteiger partial charge in [0.1, 0.15) is 5.82 Å². The van der Waals surface area contributed by atoms with Gasteiger partial charge < -0.3 is 0 Å². The zero-order valence-electron chi connectivity index (χ0n) is 12.9. The van der Waals surface area contributed by atoms with Crippen LogP contribution in [0.3, 0.4) is 0 Å². The molecule has 0 bridgehead atoms.